The third kappa shape index (κ3) is 3.64. The monoisotopic (exact) mass is 450 g/mol. The summed E-state index contributed by atoms with van der Waals surface area (Å²) in [5.74, 6) is -0.0407. The van der Waals surface area contributed by atoms with Gasteiger partial charge in [-0.1, -0.05) is 48.5 Å². The number of hydrogen-bond donors (Lipinski definition) is 3. The maximum atomic E-state index is 13.6. The third-order valence-corrected chi connectivity index (χ3v) is 6.65. The van der Waals surface area contributed by atoms with Gasteiger partial charge in [0.25, 0.3) is 5.91 Å². The van der Waals surface area contributed by atoms with Gasteiger partial charge in [0, 0.05) is 42.3 Å². The summed E-state index contributed by atoms with van der Waals surface area (Å²) in [6, 6.07) is 20.7. The molecule has 4 aromatic rings. The average Bonchev–Trinajstić information content (AvgIpc) is 3.57. The number of hydrogen-bond acceptors (Lipinski definition) is 6. The summed E-state index contributed by atoms with van der Waals surface area (Å²) in [5, 5.41) is 4.34. The van der Waals surface area contributed by atoms with Gasteiger partial charge in [0.2, 0.25) is 5.95 Å². The molecule has 1 aliphatic heterocycles. The van der Waals surface area contributed by atoms with Crippen molar-refractivity contribution in [2.75, 3.05) is 11.1 Å². The summed E-state index contributed by atoms with van der Waals surface area (Å²) in [5.41, 5.74) is 19.5. The van der Waals surface area contributed by atoms with Gasteiger partial charge in [-0.25, -0.2) is 9.97 Å². The standard InChI is InChI=1S/C27H26N6O/c28-13-17-6-3-7-21(24(17)30-20-9-10-20)16-8-11-23-22(12-16)25(32-27(29)31-23)26(34)33-14-18-4-1-2-5-19(18)15-33/h1-8,11-12,20,30H,9-10,13-15,28H2,(H2,29,31,32). The lowest BCUT2D eigenvalue weighted by Crippen LogP contribution is -2.27. The van der Waals surface area contributed by atoms with Gasteiger partial charge < -0.3 is 21.7 Å². The molecule has 2 aliphatic rings. The zero-order chi connectivity index (χ0) is 23.2. The van der Waals surface area contributed by atoms with E-state index in [1.165, 1.54) is 12.8 Å². The molecule has 3 aromatic carbocycles. The number of carbonyl (C=O) groups excluding carboxylic acids is 1. The molecule has 1 aliphatic carbocycles. The van der Waals surface area contributed by atoms with Crippen molar-refractivity contribution in [3.8, 4) is 11.1 Å². The molecular formula is C27H26N6O. The predicted octanol–water partition coefficient (Wildman–Crippen LogP) is 4.07. The molecule has 7 heteroatoms. The van der Waals surface area contributed by atoms with Gasteiger partial charge in [0.05, 0.1) is 5.52 Å². The Morgan fingerprint density at radius 1 is 1.00 bits per heavy atom. The number of rotatable bonds is 5. The zero-order valence-corrected chi connectivity index (χ0v) is 18.8. The van der Waals surface area contributed by atoms with Crippen LogP contribution in [-0.2, 0) is 19.6 Å². The van der Waals surface area contributed by atoms with Crippen molar-refractivity contribution < 1.29 is 4.79 Å². The Morgan fingerprint density at radius 2 is 1.76 bits per heavy atom. The van der Waals surface area contributed by atoms with Gasteiger partial charge in [0.15, 0.2) is 0 Å². The number of para-hydroxylation sites is 1. The predicted molar refractivity (Wildman–Crippen MR) is 134 cm³/mol. The minimum atomic E-state index is -0.139. The highest BCUT2D eigenvalue weighted by molar-refractivity contribution is 6.06. The molecule has 0 atom stereocenters. The van der Waals surface area contributed by atoms with E-state index in [4.69, 9.17) is 11.5 Å². The van der Waals surface area contributed by atoms with E-state index in [0.717, 1.165) is 33.5 Å². The highest BCUT2D eigenvalue weighted by atomic mass is 16.2. The topological polar surface area (TPSA) is 110 Å². The molecule has 6 rings (SSSR count). The molecule has 0 unspecified atom stereocenters. The summed E-state index contributed by atoms with van der Waals surface area (Å²) < 4.78 is 0. The molecule has 0 bridgehead atoms. The third-order valence-electron chi connectivity index (χ3n) is 6.65. The Bertz CT molecular complexity index is 1400. The number of carbonyl (C=O) groups is 1. The molecule has 5 N–H and O–H groups in total. The Labute approximate surface area is 197 Å². The van der Waals surface area contributed by atoms with Crippen molar-refractivity contribution >= 4 is 28.4 Å². The quantitative estimate of drug-likeness (QED) is 0.423. The van der Waals surface area contributed by atoms with Crippen LogP contribution in [0.15, 0.2) is 60.7 Å². The summed E-state index contributed by atoms with van der Waals surface area (Å²) in [7, 11) is 0. The van der Waals surface area contributed by atoms with Crippen LogP contribution >= 0.6 is 0 Å². The summed E-state index contributed by atoms with van der Waals surface area (Å²) in [6.07, 6.45) is 2.33. The Hall–Kier alpha value is -3.97. The van der Waals surface area contributed by atoms with E-state index in [9.17, 15) is 4.79 Å². The first kappa shape index (κ1) is 20.6. The number of nitrogens with zero attached hydrogens (tertiary/aromatic N) is 3. The van der Waals surface area contributed by atoms with E-state index < -0.39 is 0 Å². The number of aromatic nitrogens is 2. The van der Waals surface area contributed by atoms with Crippen LogP contribution in [0.4, 0.5) is 11.6 Å². The summed E-state index contributed by atoms with van der Waals surface area (Å²) >= 11 is 0. The van der Waals surface area contributed by atoms with Gasteiger partial charge in [-0.15, -0.1) is 0 Å². The maximum absolute atomic E-state index is 13.6. The number of nitrogens with two attached hydrogens (primary N) is 2. The molecule has 0 spiro atoms. The van der Waals surface area contributed by atoms with Gasteiger partial charge in [-0.3, -0.25) is 4.79 Å². The number of benzene rings is 3. The molecule has 34 heavy (non-hydrogen) atoms. The van der Waals surface area contributed by atoms with Crippen molar-refractivity contribution in [3.05, 3.63) is 83.0 Å². The minimum absolute atomic E-state index is 0.0986. The van der Waals surface area contributed by atoms with Gasteiger partial charge >= 0.3 is 0 Å². The van der Waals surface area contributed by atoms with E-state index >= 15 is 0 Å². The molecule has 0 saturated heterocycles. The van der Waals surface area contributed by atoms with Crippen LogP contribution in [0.2, 0.25) is 0 Å². The van der Waals surface area contributed by atoms with E-state index in [-0.39, 0.29) is 11.9 Å². The molecular weight excluding hydrogens is 424 g/mol. The van der Waals surface area contributed by atoms with Crippen LogP contribution in [-0.4, -0.2) is 26.8 Å². The fourth-order valence-electron chi connectivity index (χ4n) is 4.72. The Morgan fingerprint density at radius 3 is 2.47 bits per heavy atom. The van der Waals surface area contributed by atoms with E-state index in [2.05, 4.69) is 39.6 Å². The fraction of sp³-hybridized carbons (Fsp3) is 0.222. The zero-order valence-electron chi connectivity index (χ0n) is 18.8. The molecule has 1 amide bonds. The molecule has 1 fully saturated rings. The van der Waals surface area contributed by atoms with Crippen LogP contribution in [0.1, 0.15) is 40.0 Å². The van der Waals surface area contributed by atoms with Crippen molar-refractivity contribution in [3.63, 3.8) is 0 Å². The number of fused-ring (bicyclic) bond motifs is 2. The smallest absolute Gasteiger partial charge is 0.273 e. The van der Waals surface area contributed by atoms with Crippen molar-refractivity contribution in [2.24, 2.45) is 5.73 Å². The van der Waals surface area contributed by atoms with Crippen LogP contribution in [0.3, 0.4) is 0 Å². The van der Waals surface area contributed by atoms with Gasteiger partial charge in [0.1, 0.15) is 5.69 Å². The molecule has 2 heterocycles. The van der Waals surface area contributed by atoms with E-state index in [0.29, 0.717) is 42.3 Å². The molecule has 0 radical (unpaired) electrons. The molecule has 1 saturated carbocycles. The van der Waals surface area contributed by atoms with Crippen LogP contribution in [0.5, 0.6) is 0 Å². The lowest BCUT2D eigenvalue weighted by atomic mass is 9.97. The highest BCUT2D eigenvalue weighted by Crippen LogP contribution is 2.37. The minimum Gasteiger partial charge on any atom is -0.382 e. The second-order valence-electron chi connectivity index (χ2n) is 9.05. The molecule has 170 valence electrons. The second-order valence-corrected chi connectivity index (χ2v) is 9.05. The Kier molecular flexibility index (Phi) is 4.92. The average molecular weight is 451 g/mol. The highest BCUT2D eigenvalue weighted by Gasteiger charge is 2.27. The molecule has 1 aromatic heterocycles. The van der Waals surface area contributed by atoms with Crippen LogP contribution < -0.4 is 16.8 Å². The first-order valence-electron chi connectivity index (χ1n) is 11.6. The lowest BCUT2D eigenvalue weighted by molar-refractivity contribution is 0.0747. The molecule has 7 nitrogen and oxygen atoms in total. The first-order valence-corrected chi connectivity index (χ1v) is 11.6. The SMILES string of the molecule is NCc1cccc(-c2ccc3nc(N)nc(C(=O)N4Cc5ccccc5C4)c3c2)c1NC1CC1. The maximum Gasteiger partial charge on any atom is 0.273 e. The first-order chi connectivity index (χ1) is 16.6. The number of anilines is 2. The van der Waals surface area contributed by atoms with Crippen LogP contribution in [0, 0.1) is 0 Å². The van der Waals surface area contributed by atoms with Crippen LogP contribution in [0.25, 0.3) is 22.0 Å². The van der Waals surface area contributed by atoms with Crippen molar-refractivity contribution in [1.29, 1.82) is 0 Å². The summed E-state index contributed by atoms with van der Waals surface area (Å²) in [4.78, 5) is 24.2. The van der Waals surface area contributed by atoms with Crippen molar-refractivity contribution in [1.82, 2.24) is 14.9 Å². The second kappa shape index (κ2) is 8.11. The fourth-order valence-corrected chi connectivity index (χ4v) is 4.72. The number of nitrogens with one attached hydrogen (secondary N) is 1. The van der Waals surface area contributed by atoms with Gasteiger partial charge in [-0.2, -0.15) is 0 Å². The lowest BCUT2D eigenvalue weighted by Gasteiger charge is -2.18. The number of nitrogen functional groups attached to an aromatic ring is 1. The largest absolute Gasteiger partial charge is 0.382 e. The van der Waals surface area contributed by atoms with E-state index in [1.807, 2.05) is 41.3 Å². The summed E-state index contributed by atoms with van der Waals surface area (Å²) in [6.45, 7) is 1.58. The van der Waals surface area contributed by atoms with E-state index in [1.54, 1.807) is 0 Å². The normalized spacial score (nSPS) is 14.9. The number of amides is 1. The van der Waals surface area contributed by atoms with Gasteiger partial charge in [-0.05, 0) is 47.2 Å². The Balaban J connectivity index is 1.44. The van der Waals surface area contributed by atoms with Crippen molar-refractivity contribution in [2.45, 2.75) is 38.5 Å².